The molecule has 6 bridgehead atoms. The van der Waals surface area contributed by atoms with Crippen LogP contribution < -0.4 is 15.8 Å². The number of phenols is 2. The van der Waals surface area contributed by atoms with E-state index in [0.29, 0.717) is 19.5 Å². The Morgan fingerprint density at radius 1 is 1.02 bits per heavy atom. The van der Waals surface area contributed by atoms with Crippen LogP contribution in [-0.2, 0) is 23.9 Å². The highest BCUT2D eigenvalue weighted by atomic mass is 16.5. The summed E-state index contributed by atoms with van der Waals surface area (Å²) in [4.78, 5) is 43.2. The van der Waals surface area contributed by atoms with E-state index in [2.05, 4.69) is 27.2 Å². The van der Waals surface area contributed by atoms with Crippen molar-refractivity contribution in [3.05, 3.63) is 52.0 Å². The van der Waals surface area contributed by atoms with Crippen molar-refractivity contribution in [2.75, 3.05) is 45.7 Å². The molecule has 3 aliphatic heterocycles. The molecule has 1 aromatic carbocycles. The van der Waals surface area contributed by atoms with Gasteiger partial charge in [-0.1, -0.05) is 64.0 Å². The summed E-state index contributed by atoms with van der Waals surface area (Å²) in [5.74, 6) is -0.832. The van der Waals surface area contributed by atoms with Crippen molar-refractivity contribution in [1.29, 1.82) is 0 Å². The number of aliphatic hydroxyl groups excluding tert-OH is 2. The normalized spacial score (nSPS) is 32.7. The first-order chi connectivity index (χ1) is 26.5. The van der Waals surface area contributed by atoms with Crippen LogP contribution in [0, 0.1) is 47.3 Å². The van der Waals surface area contributed by atoms with Crippen LogP contribution in [0.3, 0.4) is 0 Å². The SMILES string of the molecule is CO[C@H]1/C=C/CC(=O)C2=c3c(O)c(/C=N/N4CCN(C)CC4)c4c(O)c3=C(O)C#CC2C(C)[C@@H]1[C@@H](OC(C)=O)[C@H](C)[C@H](O)[C@H](C)C[C@@H](C)/C=C/C=C(/C)C(=O)N4. The van der Waals surface area contributed by atoms with Gasteiger partial charge in [-0.2, -0.15) is 5.10 Å². The minimum absolute atomic E-state index is 0.0147. The van der Waals surface area contributed by atoms with Crippen molar-refractivity contribution in [3.8, 4) is 23.3 Å². The first-order valence-electron chi connectivity index (χ1n) is 19.3. The molecule has 0 saturated carbocycles. The van der Waals surface area contributed by atoms with Gasteiger partial charge in [-0.05, 0) is 44.1 Å². The molecule has 2 unspecified atom stereocenters. The maximum Gasteiger partial charge on any atom is 0.302 e. The number of ketones is 1. The number of carbonyl (C=O) groups is 3. The zero-order valence-corrected chi connectivity index (χ0v) is 33.6. The molecule has 0 spiro atoms. The van der Waals surface area contributed by atoms with Gasteiger partial charge in [-0.25, -0.2) is 0 Å². The summed E-state index contributed by atoms with van der Waals surface area (Å²) in [7, 11) is 3.52. The summed E-state index contributed by atoms with van der Waals surface area (Å²) in [5.41, 5.74) is -0.00399. The van der Waals surface area contributed by atoms with Crippen LogP contribution in [-0.4, -0.2) is 113 Å². The van der Waals surface area contributed by atoms with Gasteiger partial charge in [0.1, 0.15) is 11.9 Å². The zero-order valence-electron chi connectivity index (χ0n) is 33.6. The molecule has 9 atom stereocenters. The van der Waals surface area contributed by atoms with Gasteiger partial charge in [0.05, 0.1) is 40.8 Å². The number of Topliss-reactive ketones (excluding diaryl/α,β-unsaturated/α-hetero) is 1. The van der Waals surface area contributed by atoms with Crippen molar-refractivity contribution >= 4 is 40.9 Å². The third-order valence-corrected chi connectivity index (χ3v) is 11.6. The molecule has 1 saturated heterocycles. The quantitative estimate of drug-likeness (QED) is 0.0759. The molecular formula is C43H56N4O9. The zero-order chi connectivity index (χ0) is 41.0. The number of nitrogens with zero attached hydrogens (tertiary/aromatic N) is 3. The van der Waals surface area contributed by atoms with E-state index in [9.17, 15) is 34.8 Å². The van der Waals surface area contributed by atoms with Crippen molar-refractivity contribution in [2.45, 2.75) is 72.7 Å². The fourth-order valence-corrected chi connectivity index (χ4v) is 8.39. The van der Waals surface area contributed by atoms with Gasteiger partial charge in [0, 0.05) is 74.8 Å². The highest BCUT2D eigenvalue weighted by Gasteiger charge is 2.46. The molecule has 1 fully saturated rings. The number of nitrogens with one attached hydrogen (secondary N) is 1. The number of aliphatic hydroxyl groups is 2. The number of methoxy groups -OCH3 is 1. The summed E-state index contributed by atoms with van der Waals surface area (Å²) in [5, 5.41) is 56.5. The van der Waals surface area contributed by atoms with Crippen LogP contribution in [0.4, 0.5) is 5.69 Å². The minimum Gasteiger partial charge on any atom is -0.507 e. The van der Waals surface area contributed by atoms with E-state index in [1.54, 1.807) is 36.2 Å². The first kappa shape index (κ1) is 42.2. The topological polar surface area (TPSA) is 181 Å². The van der Waals surface area contributed by atoms with Gasteiger partial charge in [-0.3, -0.25) is 19.4 Å². The Morgan fingerprint density at radius 3 is 2.38 bits per heavy atom. The average Bonchev–Trinajstić information content (AvgIpc) is 3.28. The molecule has 3 heterocycles. The third kappa shape index (κ3) is 8.88. The van der Waals surface area contributed by atoms with E-state index in [-0.39, 0.29) is 51.1 Å². The molecule has 5 aliphatic rings. The summed E-state index contributed by atoms with van der Waals surface area (Å²) >= 11 is 0. The van der Waals surface area contributed by atoms with Gasteiger partial charge < -0.3 is 40.1 Å². The number of anilines is 1. The van der Waals surface area contributed by atoms with Crippen molar-refractivity contribution in [2.24, 2.45) is 40.6 Å². The molecule has 6 rings (SSSR count). The molecule has 0 radical (unpaired) electrons. The number of rotatable bonds is 4. The minimum atomic E-state index is -1.01. The second kappa shape index (κ2) is 17.9. The van der Waals surface area contributed by atoms with Crippen LogP contribution in [0.15, 0.2) is 41.1 Å². The van der Waals surface area contributed by atoms with Crippen molar-refractivity contribution in [1.82, 2.24) is 9.91 Å². The molecule has 56 heavy (non-hydrogen) atoms. The fourth-order valence-electron chi connectivity index (χ4n) is 8.39. The Balaban J connectivity index is 1.88. The monoisotopic (exact) mass is 772 g/mol. The van der Waals surface area contributed by atoms with Gasteiger partial charge in [0.15, 0.2) is 17.3 Å². The second-order valence-corrected chi connectivity index (χ2v) is 15.7. The van der Waals surface area contributed by atoms with Crippen LogP contribution in [0.1, 0.15) is 59.9 Å². The predicted molar refractivity (Wildman–Crippen MR) is 214 cm³/mol. The number of fused-ring (bicyclic) bond motifs is 10. The standard InChI is InChI=1S/C43H56N4O9/c1-23-11-9-12-24(2)43(54)45-38-30(22-44-47-19-17-46(7)18-20-47)40(52)37-35-29(15-16-32(50)36(37)41(38)53)26(4)34(33(55-8)14-10-13-31(35)49)42(56-28(6)48)27(5)39(51)25(3)21-23/h9-12,14,22-23,25-27,29,33-34,39,42,50-53H,13,17-21H2,1-8H3,(H,45,54)/b11-9+,14-10+,24-12-,44-22+/t23-,25+,26?,27+,29?,33-,34-,39+,42-/m0/s1. The second-order valence-electron chi connectivity index (χ2n) is 15.7. The maximum atomic E-state index is 14.5. The molecule has 13 heteroatoms. The van der Waals surface area contributed by atoms with E-state index in [1.165, 1.54) is 20.2 Å². The number of likely N-dealkylation sites (N-methyl/N-ethyl adjacent to an activating group) is 1. The Hall–Kier alpha value is -4.90. The molecule has 2 aliphatic carbocycles. The van der Waals surface area contributed by atoms with E-state index in [4.69, 9.17) is 9.47 Å². The number of hydrazone groups is 1. The lowest BCUT2D eigenvalue weighted by Crippen LogP contribution is -2.49. The number of carbonyl (C=O) groups excluding carboxylic acids is 3. The number of aromatic hydroxyl groups is 2. The van der Waals surface area contributed by atoms with Crippen molar-refractivity contribution in [3.63, 3.8) is 0 Å². The number of benzene rings is 1. The molecule has 1 amide bonds. The van der Waals surface area contributed by atoms with Gasteiger partial charge in [0.2, 0.25) is 0 Å². The first-order valence-corrected chi connectivity index (χ1v) is 19.3. The van der Waals surface area contributed by atoms with E-state index in [0.717, 1.165) is 13.1 Å². The largest absolute Gasteiger partial charge is 0.507 e. The lowest BCUT2D eigenvalue weighted by atomic mass is 9.69. The number of esters is 1. The molecule has 302 valence electrons. The van der Waals surface area contributed by atoms with Gasteiger partial charge >= 0.3 is 5.97 Å². The average molecular weight is 773 g/mol. The third-order valence-electron chi connectivity index (χ3n) is 11.6. The number of ether oxygens (including phenoxy) is 2. The lowest BCUT2D eigenvalue weighted by Gasteiger charge is -2.42. The molecule has 13 nitrogen and oxygen atoms in total. The van der Waals surface area contributed by atoms with Crippen LogP contribution in [0.5, 0.6) is 11.5 Å². The molecule has 5 N–H and O–H groups in total. The highest BCUT2D eigenvalue weighted by molar-refractivity contribution is 6.18. The summed E-state index contributed by atoms with van der Waals surface area (Å²) < 4.78 is 12.1. The molecular weight excluding hydrogens is 716 g/mol. The summed E-state index contributed by atoms with van der Waals surface area (Å²) in [6.07, 6.45) is 7.86. The van der Waals surface area contributed by atoms with Crippen LogP contribution in [0.25, 0.3) is 11.3 Å². The summed E-state index contributed by atoms with van der Waals surface area (Å²) in [6, 6.07) is 0. The van der Waals surface area contributed by atoms with Gasteiger partial charge in [0.25, 0.3) is 5.91 Å². The number of hydrogen-bond donors (Lipinski definition) is 5. The van der Waals surface area contributed by atoms with Crippen LogP contribution >= 0.6 is 0 Å². The van der Waals surface area contributed by atoms with Gasteiger partial charge in [-0.15, -0.1) is 0 Å². The Kier molecular flexibility index (Phi) is 13.5. The van der Waals surface area contributed by atoms with E-state index >= 15 is 0 Å². The van der Waals surface area contributed by atoms with E-state index in [1.807, 2.05) is 40.8 Å². The molecule has 0 aromatic heterocycles. The van der Waals surface area contributed by atoms with E-state index < -0.39 is 76.9 Å². The lowest BCUT2D eigenvalue weighted by molar-refractivity contribution is -0.163. The predicted octanol–water partition coefficient (Wildman–Crippen LogP) is 2.97. The Bertz CT molecular complexity index is 2020. The van der Waals surface area contributed by atoms with Crippen LogP contribution in [0.2, 0.25) is 0 Å². The number of hydrogen-bond acceptors (Lipinski definition) is 12. The number of phenolic OH excluding ortho intramolecular Hbond substituents is 2. The fraction of sp³-hybridized carbons (Fsp3) is 0.535. The maximum absolute atomic E-state index is 14.5. The Labute approximate surface area is 328 Å². The van der Waals surface area contributed by atoms with Crippen molar-refractivity contribution < 1.29 is 44.3 Å². The summed E-state index contributed by atoms with van der Waals surface area (Å²) in [6.45, 7) is 13.1. The number of amides is 1. The highest BCUT2D eigenvalue weighted by Crippen LogP contribution is 2.41. The Morgan fingerprint density at radius 2 is 1.71 bits per heavy atom. The number of piperazine rings is 1. The smallest absolute Gasteiger partial charge is 0.302 e. The molecule has 1 aromatic rings. The number of allylic oxidation sites excluding steroid dienone is 4.